The standard InChI is InChI=1S/C20H26N4O3/c25-18(13-4-5-13)24-11-20(10-16(24)19(26)27)6-8-23(9-7-20)17-14-2-1-3-15(14)21-12-22-17/h12-13,16H,1-11H2,(H,26,27)/t16-/m0/s1. The molecule has 1 aromatic heterocycles. The van der Waals surface area contributed by atoms with Crippen molar-refractivity contribution in [3.8, 4) is 0 Å². The van der Waals surface area contributed by atoms with Gasteiger partial charge in [0.1, 0.15) is 18.2 Å². The minimum absolute atomic E-state index is 0.0552. The van der Waals surface area contributed by atoms with Crippen molar-refractivity contribution in [1.82, 2.24) is 14.9 Å². The zero-order valence-electron chi connectivity index (χ0n) is 15.6. The molecule has 144 valence electrons. The molecular formula is C20H26N4O3. The third-order valence-electron chi connectivity index (χ3n) is 6.98. The summed E-state index contributed by atoms with van der Waals surface area (Å²) in [6.07, 6.45) is 9.19. The average Bonchev–Trinajstić information content (AvgIpc) is 3.29. The molecule has 2 saturated heterocycles. The molecule has 7 heteroatoms. The van der Waals surface area contributed by atoms with E-state index >= 15 is 0 Å². The van der Waals surface area contributed by atoms with Crippen molar-refractivity contribution < 1.29 is 14.7 Å². The Morgan fingerprint density at radius 2 is 1.93 bits per heavy atom. The first-order valence-electron chi connectivity index (χ1n) is 10.2. The van der Waals surface area contributed by atoms with Crippen LogP contribution in [0.5, 0.6) is 0 Å². The highest BCUT2D eigenvalue weighted by atomic mass is 16.4. The molecule has 2 aliphatic carbocycles. The van der Waals surface area contributed by atoms with E-state index in [-0.39, 0.29) is 17.2 Å². The quantitative estimate of drug-likeness (QED) is 0.871. The van der Waals surface area contributed by atoms with Crippen molar-refractivity contribution >= 4 is 17.7 Å². The highest BCUT2D eigenvalue weighted by Gasteiger charge is 2.52. The number of carboxylic acids is 1. The number of nitrogens with zero attached hydrogens (tertiary/aromatic N) is 4. The molecule has 4 aliphatic rings. The molecule has 1 spiro atoms. The van der Waals surface area contributed by atoms with Crippen molar-refractivity contribution in [2.75, 3.05) is 24.5 Å². The number of hydrogen-bond donors (Lipinski definition) is 1. The molecule has 0 unspecified atom stereocenters. The van der Waals surface area contributed by atoms with Crippen LogP contribution in [0.1, 0.15) is 49.8 Å². The smallest absolute Gasteiger partial charge is 0.326 e. The van der Waals surface area contributed by atoms with Crippen LogP contribution in [-0.2, 0) is 22.4 Å². The Morgan fingerprint density at radius 3 is 2.63 bits per heavy atom. The Labute approximate surface area is 158 Å². The molecule has 1 amide bonds. The summed E-state index contributed by atoms with van der Waals surface area (Å²) in [6, 6.07) is -0.645. The summed E-state index contributed by atoms with van der Waals surface area (Å²) >= 11 is 0. The van der Waals surface area contributed by atoms with E-state index < -0.39 is 12.0 Å². The van der Waals surface area contributed by atoms with Crippen LogP contribution in [0, 0.1) is 11.3 Å². The normalized spacial score (nSPS) is 26.4. The molecule has 0 aromatic carbocycles. The fourth-order valence-electron chi connectivity index (χ4n) is 5.24. The lowest BCUT2D eigenvalue weighted by Gasteiger charge is -2.40. The number of fused-ring (bicyclic) bond motifs is 1. The fraction of sp³-hybridized carbons (Fsp3) is 0.700. The summed E-state index contributed by atoms with van der Waals surface area (Å²) in [6.45, 7) is 2.36. The molecule has 1 aromatic rings. The number of carbonyl (C=O) groups is 2. The first-order chi connectivity index (χ1) is 13.1. The van der Waals surface area contributed by atoms with Crippen molar-refractivity contribution in [3.63, 3.8) is 0 Å². The maximum absolute atomic E-state index is 12.6. The van der Waals surface area contributed by atoms with Crippen LogP contribution in [-0.4, -0.2) is 57.5 Å². The second-order valence-electron chi connectivity index (χ2n) is 8.76. The predicted octanol–water partition coefficient (Wildman–Crippen LogP) is 1.65. The number of likely N-dealkylation sites (tertiary alicyclic amines) is 1. The van der Waals surface area contributed by atoms with E-state index in [4.69, 9.17) is 0 Å². The largest absolute Gasteiger partial charge is 0.480 e. The highest BCUT2D eigenvalue weighted by Crippen LogP contribution is 2.46. The molecular weight excluding hydrogens is 344 g/mol. The van der Waals surface area contributed by atoms with E-state index in [0.29, 0.717) is 13.0 Å². The fourth-order valence-corrected chi connectivity index (χ4v) is 5.24. The molecule has 7 nitrogen and oxygen atoms in total. The second kappa shape index (κ2) is 6.17. The number of aryl methyl sites for hydroxylation is 1. The maximum Gasteiger partial charge on any atom is 0.326 e. The lowest BCUT2D eigenvalue weighted by Crippen LogP contribution is -2.44. The zero-order chi connectivity index (χ0) is 18.6. The number of carboxylic acid groups (broad SMARTS) is 1. The van der Waals surface area contributed by atoms with Crippen LogP contribution >= 0.6 is 0 Å². The number of rotatable bonds is 3. The summed E-state index contributed by atoms with van der Waals surface area (Å²) in [5.74, 6) is 0.365. The monoisotopic (exact) mass is 370 g/mol. The molecule has 0 bridgehead atoms. The number of aromatic nitrogens is 2. The maximum atomic E-state index is 12.6. The lowest BCUT2D eigenvalue weighted by atomic mass is 9.76. The van der Waals surface area contributed by atoms with Crippen molar-refractivity contribution in [2.24, 2.45) is 11.3 Å². The molecule has 1 atom stereocenters. The Kier molecular flexibility index (Phi) is 3.88. The van der Waals surface area contributed by atoms with Crippen LogP contribution in [0.4, 0.5) is 5.82 Å². The molecule has 1 saturated carbocycles. The number of amides is 1. The Bertz CT molecular complexity index is 783. The molecule has 3 heterocycles. The Hall–Kier alpha value is -2.18. The summed E-state index contributed by atoms with van der Waals surface area (Å²) < 4.78 is 0. The van der Waals surface area contributed by atoms with E-state index in [1.165, 1.54) is 11.3 Å². The first kappa shape index (κ1) is 17.0. The van der Waals surface area contributed by atoms with E-state index in [2.05, 4.69) is 14.9 Å². The van der Waals surface area contributed by atoms with Crippen molar-refractivity contribution in [1.29, 1.82) is 0 Å². The van der Waals surface area contributed by atoms with E-state index in [1.54, 1.807) is 11.2 Å². The zero-order valence-corrected chi connectivity index (χ0v) is 15.6. The van der Waals surface area contributed by atoms with Gasteiger partial charge in [0.2, 0.25) is 5.91 Å². The third kappa shape index (κ3) is 2.87. The van der Waals surface area contributed by atoms with E-state index in [1.807, 2.05) is 0 Å². The van der Waals surface area contributed by atoms with Gasteiger partial charge in [-0.3, -0.25) is 4.79 Å². The number of carbonyl (C=O) groups excluding carboxylic acids is 1. The van der Waals surface area contributed by atoms with Gasteiger partial charge in [-0.05, 0) is 56.8 Å². The van der Waals surface area contributed by atoms with Gasteiger partial charge < -0.3 is 14.9 Å². The molecule has 1 N–H and O–H groups in total. The minimum Gasteiger partial charge on any atom is -0.480 e. The molecule has 3 fully saturated rings. The van der Waals surface area contributed by atoms with E-state index in [9.17, 15) is 14.7 Å². The third-order valence-corrected chi connectivity index (χ3v) is 6.98. The van der Waals surface area contributed by atoms with Gasteiger partial charge in [-0.1, -0.05) is 0 Å². The van der Waals surface area contributed by atoms with Gasteiger partial charge in [0.15, 0.2) is 0 Å². The van der Waals surface area contributed by atoms with Crippen molar-refractivity contribution in [3.05, 3.63) is 17.6 Å². The van der Waals surface area contributed by atoms with Gasteiger partial charge >= 0.3 is 5.97 Å². The number of anilines is 1. The SMILES string of the molecule is O=C(O)[C@@H]1CC2(CCN(c3ncnc4c3CCC4)CC2)CN1C(=O)C1CC1. The van der Waals surface area contributed by atoms with Crippen LogP contribution in [0.3, 0.4) is 0 Å². The molecule has 2 aliphatic heterocycles. The number of piperidine rings is 1. The van der Waals surface area contributed by atoms with Crippen molar-refractivity contribution in [2.45, 2.75) is 57.4 Å². The summed E-state index contributed by atoms with van der Waals surface area (Å²) in [5.41, 5.74) is 2.43. The summed E-state index contributed by atoms with van der Waals surface area (Å²) in [4.78, 5) is 37.4. The molecule has 0 radical (unpaired) electrons. The first-order valence-corrected chi connectivity index (χ1v) is 10.2. The average molecular weight is 370 g/mol. The number of aliphatic carboxylic acids is 1. The van der Waals surface area contributed by atoms with Gasteiger partial charge in [0.25, 0.3) is 0 Å². The van der Waals surface area contributed by atoms with E-state index in [0.717, 1.165) is 63.9 Å². The van der Waals surface area contributed by atoms with Crippen LogP contribution in [0.2, 0.25) is 0 Å². The van der Waals surface area contributed by atoms with Crippen LogP contribution < -0.4 is 4.90 Å². The van der Waals surface area contributed by atoms with Crippen LogP contribution in [0.15, 0.2) is 6.33 Å². The Morgan fingerprint density at radius 1 is 1.15 bits per heavy atom. The number of hydrogen-bond acceptors (Lipinski definition) is 5. The van der Waals surface area contributed by atoms with Gasteiger partial charge in [0.05, 0.1) is 0 Å². The second-order valence-corrected chi connectivity index (χ2v) is 8.76. The topological polar surface area (TPSA) is 86.6 Å². The van der Waals surface area contributed by atoms with Gasteiger partial charge in [0, 0.05) is 36.8 Å². The predicted molar refractivity (Wildman–Crippen MR) is 98.4 cm³/mol. The molecule has 5 rings (SSSR count). The highest BCUT2D eigenvalue weighted by molar-refractivity contribution is 5.87. The van der Waals surface area contributed by atoms with Gasteiger partial charge in [-0.15, -0.1) is 0 Å². The van der Waals surface area contributed by atoms with Gasteiger partial charge in [-0.2, -0.15) is 0 Å². The minimum atomic E-state index is -0.850. The van der Waals surface area contributed by atoms with Crippen LogP contribution in [0.25, 0.3) is 0 Å². The molecule has 27 heavy (non-hydrogen) atoms. The lowest BCUT2D eigenvalue weighted by molar-refractivity contribution is -0.148. The Balaban J connectivity index is 1.32. The summed E-state index contributed by atoms with van der Waals surface area (Å²) in [7, 11) is 0. The summed E-state index contributed by atoms with van der Waals surface area (Å²) in [5, 5.41) is 9.66. The van der Waals surface area contributed by atoms with Gasteiger partial charge in [-0.25, -0.2) is 14.8 Å².